The van der Waals surface area contributed by atoms with Crippen molar-refractivity contribution in [1.29, 1.82) is 0 Å². The normalized spacial score (nSPS) is 17.9. The molecule has 0 amide bonds. The molecule has 1 heterocycles. The summed E-state index contributed by atoms with van der Waals surface area (Å²) in [5, 5.41) is 0. The summed E-state index contributed by atoms with van der Waals surface area (Å²) in [4.78, 5) is 1.97. The van der Waals surface area contributed by atoms with Gasteiger partial charge in [0, 0.05) is 20.3 Å². The second-order valence-electron chi connectivity index (χ2n) is 5.77. The van der Waals surface area contributed by atoms with Gasteiger partial charge in [-0.25, -0.2) is 4.39 Å². The van der Waals surface area contributed by atoms with Crippen molar-refractivity contribution in [2.75, 3.05) is 26.8 Å². The molecule has 1 saturated heterocycles. The fraction of sp³-hybridized carbons (Fsp3) is 0.625. The molecule has 0 unspecified atom stereocenters. The Morgan fingerprint density at radius 3 is 2.50 bits per heavy atom. The quantitative estimate of drug-likeness (QED) is 0.758. The largest absolute Gasteiger partial charge is 0.419 e. The standard InChI is InChI=1S/C16H21F4NO/c1-22-10-7-12-5-8-21(9-6-12)11-13-3-2-4-14(17)15(13)16(18,19)20/h2-4,12H,5-11H2,1H3. The van der Waals surface area contributed by atoms with E-state index >= 15 is 0 Å². The average Bonchev–Trinajstić information content (AvgIpc) is 2.45. The molecule has 1 aromatic rings. The van der Waals surface area contributed by atoms with Gasteiger partial charge in [0.15, 0.2) is 0 Å². The topological polar surface area (TPSA) is 12.5 Å². The fourth-order valence-electron chi connectivity index (χ4n) is 2.98. The van der Waals surface area contributed by atoms with Crippen LogP contribution in [0.15, 0.2) is 18.2 Å². The van der Waals surface area contributed by atoms with E-state index in [4.69, 9.17) is 4.74 Å². The first-order chi connectivity index (χ1) is 10.4. The van der Waals surface area contributed by atoms with E-state index in [1.165, 1.54) is 12.1 Å². The molecule has 6 heteroatoms. The molecule has 0 saturated carbocycles. The van der Waals surface area contributed by atoms with Crippen LogP contribution in [0, 0.1) is 11.7 Å². The predicted molar refractivity (Wildman–Crippen MR) is 75.9 cm³/mol. The van der Waals surface area contributed by atoms with Crippen LogP contribution in [0.25, 0.3) is 0 Å². The van der Waals surface area contributed by atoms with E-state index in [1.54, 1.807) is 7.11 Å². The third-order valence-corrected chi connectivity index (χ3v) is 4.21. The van der Waals surface area contributed by atoms with Gasteiger partial charge in [-0.1, -0.05) is 12.1 Å². The lowest BCUT2D eigenvalue weighted by Crippen LogP contribution is -2.34. The van der Waals surface area contributed by atoms with Crippen LogP contribution in [-0.4, -0.2) is 31.7 Å². The summed E-state index contributed by atoms with van der Waals surface area (Å²) in [6.45, 7) is 2.33. The maximum Gasteiger partial charge on any atom is 0.419 e. The van der Waals surface area contributed by atoms with Crippen molar-refractivity contribution in [2.45, 2.75) is 32.0 Å². The van der Waals surface area contributed by atoms with Crippen molar-refractivity contribution < 1.29 is 22.3 Å². The Hall–Kier alpha value is -1.14. The number of methoxy groups -OCH3 is 1. The molecular formula is C16H21F4NO. The zero-order valence-corrected chi connectivity index (χ0v) is 12.6. The maximum absolute atomic E-state index is 13.5. The Morgan fingerprint density at radius 1 is 1.23 bits per heavy atom. The third kappa shape index (κ3) is 4.43. The van der Waals surface area contributed by atoms with E-state index < -0.39 is 17.6 Å². The highest BCUT2D eigenvalue weighted by Crippen LogP contribution is 2.35. The summed E-state index contributed by atoms with van der Waals surface area (Å²) in [5.74, 6) is -0.634. The summed E-state index contributed by atoms with van der Waals surface area (Å²) < 4.78 is 57.6. The molecule has 1 aliphatic heterocycles. The molecule has 1 aromatic carbocycles. The third-order valence-electron chi connectivity index (χ3n) is 4.21. The molecule has 124 valence electrons. The zero-order valence-electron chi connectivity index (χ0n) is 12.6. The number of hydrogen-bond acceptors (Lipinski definition) is 2. The Morgan fingerprint density at radius 2 is 1.91 bits per heavy atom. The van der Waals surface area contributed by atoms with Gasteiger partial charge in [-0.2, -0.15) is 13.2 Å². The van der Waals surface area contributed by atoms with Gasteiger partial charge in [0.2, 0.25) is 0 Å². The van der Waals surface area contributed by atoms with Crippen molar-refractivity contribution in [1.82, 2.24) is 4.90 Å². The van der Waals surface area contributed by atoms with Crippen LogP contribution in [0.3, 0.4) is 0 Å². The number of likely N-dealkylation sites (tertiary alicyclic amines) is 1. The number of halogens is 4. The Balaban J connectivity index is 2.00. The van der Waals surface area contributed by atoms with Gasteiger partial charge < -0.3 is 4.74 Å². The van der Waals surface area contributed by atoms with Crippen molar-refractivity contribution >= 4 is 0 Å². The Labute approximate surface area is 128 Å². The summed E-state index contributed by atoms with van der Waals surface area (Å²) in [6, 6.07) is 3.57. The molecule has 0 atom stereocenters. The first-order valence-corrected chi connectivity index (χ1v) is 7.47. The molecule has 2 rings (SSSR count). The minimum atomic E-state index is -4.66. The zero-order chi connectivity index (χ0) is 16.2. The number of benzene rings is 1. The van der Waals surface area contributed by atoms with Crippen LogP contribution in [0.1, 0.15) is 30.4 Å². The molecular weight excluding hydrogens is 298 g/mol. The molecule has 0 aliphatic carbocycles. The number of ether oxygens (including phenoxy) is 1. The van der Waals surface area contributed by atoms with E-state index in [9.17, 15) is 17.6 Å². The second-order valence-corrected chi connectivity index (χ2v) is 5.77. The molecule has 0 aromatic heterocycles. The predicted octanol–water partition coefficient (Wildman–Crippen LogP) is 4.09. The van der Waals surface area contributed by atoms with Crippen molar-refractivity contribution in [3.8, 4) is 0 Å². The number of hydrogen-bond donors (Lipinski definition) is 0. The van der Waals surface area contributed by atoms with Gasteiger partial charge in [0.05, 0.1) is 5.56 Å². The van der Waals surface area contributed by atoms with Crippen LogP contribution < -0.4 is 0 Å². The van der Waals surface area contributed by atoms with Gasteiger partial charge in [-0.3, -0.25) is 4.90 Å². The molecule has 22 heavy (non-hydrogen) atoms. The second kappa shape index (κ2) is 7.42. The molecule has 1 aliphatic rings. The number of nitrogens with zero attached hydrogens (tertiary/aromatic N) is 1. The minimum Gasteiger partial charge on any atom is -0.385 e. The molecule has 0 radical (unpaired) electrons. The van der Waals surface area contributed by atoms with Gasteiger partial charge in [-0.15, -0.1) is 0 Å². The fourth-order valence-corrected chi connectivity index (χ4v) is 2.98. The highest BCUT2D eigenvalue weighted by Gasteiger charge is 2.37. The van der Waals surface area contributed by atoms with Crippen molar-refractivity contribution in [3.63, 3.8) is 0 Å². The highest BCUT2D eigenvalue weighted by molar-refractivity contribution is 5.31. The average molecular weight is 319 g/mol. The first kappa shape index (κ1) is 17.2. The summed E-state index contributed by atoms with van der Waals surface area (Å²) in [7, 11) is 1.66. The monoisotopic (exact) mass is 319 g/mol. The number of alkyl halides is 3. The molecule has 0 bridgehead atoms. The van der Waals surface area contributed by atoms with E-state index in [0.717, 1.165) is 38.4 Å². The summed E-state index contributed by atoms with van der Waals surface area (Å²) in [6.07, 6.45) is -1.78. The molecule has 0 spiro atoms. The molecule has 2 nitrogen and oxygen atoms in total. The van der Waals surface area contributed by atoms with Crippen LogP contribution >= 0.6 is 0 Å². The SMILES string of the molecule is COCCC1CCN(Cc2cccc(F)c2C(F)(F)F)CC1. The molecule has 0 N–H and O–H groups in total. The van der Waals surface area contributed by atoms with Crippen LogP contribution in [0.4, 0.5) is 17.6 Å². The lowest BCUT2D eigenvalue weighted by molar-refractivity contribution is -0.140. The smallest absolute Gasteiger partial charge is 0.385 e. The highest BCUT2D eigenvalue weighted by atomic mass is 19.4. The first-order valence-electron chi connectivity index (χ1n) is 7.47. The minimum absolute atomic E-state index is 0.0165. The lowest BCUT2D eigenvalue weighted by atomic mass is 9.93. The van der Waals surface area contributed by atoms with Crippen molar-refractivity contribution in [2.24, 2.45) is 5.92 Å². The Bertz CT molecular complexity index is 482. The summed E-state index contributed by atoms with van der Waals surface area (Å²) >= 11 is 0. The van der Waals surface area contributed by atoms with Gasteiger partial charge in [-0.05, 0) is 49.9 Å². The van der Waals surface area contributed by atoms with E-state index in [1.807, 2.05) is 4.90 Å². The lowest BCUT2D eigenvalue weighted by Gasteiger charge is -2.32. The van der Waals surface area contributed by atoms with E-state index in [2.05, 4.69) is 0 Å². The van der Waals surface area contributed by atoms with Crippen LogP contribution in [-0.2, 0) is 17.5 Å². The van der Waals surface area contributed by atoms with E-state index in [-0.39, 0.29) is 12.1 Å². The number of rotatable bonds is 5. The Kier molecular flexibility index (Phi) is 5.81. The van der Waals surface area contributed by atoms with Gasteiger partial charge in [0.1, 0.15) is 5.82 Å². The maximum atomic E-state index is 13.5. The van der Waals surface area contributed by atoms with E-state index in [0.29, 0.717) is 12.5 Å². The van der Waals surface area contributed by atoms with Crippen LogP contribution in [0.2, 0.25) is 0 Å². The van der Waals surface area contributed by atoms with Crippen LogP contribution in [0.5, 0.6) is 0 Å². The molecule has 1 fully saturated rings. The van der Waals surface area contributed by atoms with Gasteiger partial charge in [0.25, 0.3) is 0 Å². The van der Waals surface area contributed by atoms with Gasteiger partial charge >= 0.3 is 6.18 Å². The number of piperidine rings is 1. The van der Waals surface area contributed by atoms with Crippen molar-refractivity contribution in [3.05, 3.63) is 35.1 Å². The summed E-state index contributed by atoms with van der Waals surface area (Å²) in [5.41, 5.74) is -1.11.